The maximum atomic E-state index is 13.2. The lowest BCUT2D eigenvalue weighted by Crippen LogP contribution is -2.37. The van der Waals surface area contributed by atoms with Gasteiger partial charge in [0.25, 0.3) is 5.56 Å². The highest BCUT2D eigenvalue weighted by molar-refractivity contribution is 7.18. The van der Waals surface area contributed by atoms with Crippen molar-refractivity contribution in [3.05, 3.63) is 57.0 Å². The molecule has 0 unspecified atom stereocenters. The number of carbonyl (C=O) groups excluding carboxylic acids is 1. The Balaban J connectivity index is 1.60. The molecule has 7 nitrogen and oxygen atoms in total. The van der Waals surface area contributed by atoms with Gasteiger partial charge in [-0.25, -0.2) is 4.98 Å². The summed E-state index contributed by atoms with van der Waals surface area (Å²) in [6, 6.07) is 7.83. The monoisotopic (exact) mass is 413 g/mol. The average molecular weight is 413 g/mol. The molecule has 2 aromatic heterocycles. The average Bonchev–Trinajstić information content (AvgIpc) is 3.12. The molecular weight excluding hydrogens is 390 g/mol. The third kappa shape index (κ3) is 3.77. The molecule has 1 aliphatic heterocycles. The molecule has 0 aliphatic carbocycles. The van der Waals surface area contributed by atoms with Crippen molar-refractivity contribution in [2.75, 3.05) is 27.4 Å². The van der Waals surface area contributed by atoms with Crippen LogP contribution in [-0.4, -0.2) is 47.7 Å². The number of fused-ring (bicyclic) bond motifs is 3. The van der Waals surface area contributed by atoms with E-state index in [-0.39, 0.29) is 18.1 Å². The van der Waals surface area contributed by atoms with Crippen molar-refractivity contribution in [2.45, 2.75) is 25.9 Å². The summed E-state index contributed by atoms with van der Waals surface area (Å²) in [6.07, 6.45) is 2.97. The molecule has 0 fully saturated rings. The fraction of sp³-hybridized carbons (Fsp3) is 0.381. The Hall–Kier alpha value is -2.71. The van der Waals surface area contributed by atoms with E-state index < -0.39 is 0 Å². The summed E-state index contributed by atoms with van der Waals surface area (Å²) < 4.78 is 12.0. The molecule has 4 rings (SSSR count). The third-order valence-electron chi connectivity index (χ3n) is 5.26. The van der Waals surface area contributed by atoms with Gasteiger partial charge in [-0.1, -0.05) is 18.2 Å². The summed E-state index contributed by atoms with van der Waals surface area (Å²) in [5.74, 6) is 0.793. The van der Waals surface area contributed by atoms with E-state index in [1.165, 1.54) is 18.4 Å². The molecule has 0 atom stereocenters. The molecule has 1 aliphatic rings. The number of hydrogen-bond donors (Lipinski definition) is 0. The van der Waals surface area contributed by atoms with Gasteiger partial charge in [0.2, 0.25) is 5.91 Å². The van der Waals surface area contributed by atoms with Crippen LogP contribution in [0.3, 0.4) is 0 Å². The first-order valence-corrected chi connectivity index (χ1v) is 10.3. The van der Waals surface area contributed by atoms with Gasteiger partial charge in [0, 0.05) is 25.1 Å². The van der Waals surface area contributed by atoms with Gasteiger partial charge in [-0.3, -0.25) is 14.2 Å². The van der Waals surface area contributed by atoms with Gasteiger partial charge in [-0.15, -0.1) is 11.3 Å². The zero-order chi connectivity index (χ0) is 20.4. The van der Waals surface area contributed by atoms with Crippen molar-refractivity contribution >= 4 is 27.5 Å². The quantitative estimate of drug-likeness (QED) is 0.620. The zero-order valence-corrected chi connectivity index (χ0v) is 17.3. The number of thiophene rings is 1. The Labute approximate surface area is 172 Å². The Morgan fingerprint density at radius 1 is 1.28 bits per heavy atom. The minimum absolute atomic E-state index is 0.0148. The van der Waals surface area contributed by atoms with Crippen LogP contribution in [-0.2, 0) is 35.5 Å². The summed E-state index contributed by atoms with van der Waals surface area (Å²) >= 11 is 1.50. The number of benzene rings is 1. The molecule has 1 amide bonds. The highest BCUT2D eigenvalue weighted by atomic mass is 32.1. The maximum Gasteiger partial charge on any atom is 0.262 e. The fourth-order valence-electron chi connectivity index (χ4n) is 3.76. The Morgan fingerprint density at radius 3 is 2.90 bits per heavy atom. The van der Waals surface area contributed by atoms with Crippen molar-refractivity contribution in [1.29, 1.82) is 0 Å². The predicted molar refractivity (Wildman–Crippen MR) is 112 cm³/mol. The third-order valence-corrected chi connectivity index (χ3v) is 6.39. The van der Waals surface area contributed by atoms with Crippen LogP contribution >= 0.6 is 11.3 Å². The summed E-state index contributed by atoms with van der Waals surface area (Å²) in [6.45, 7) is 1.72. The second-order valence-corrected chi connectivity index (χ2v) is 8.07. The fourth-order valence-corrected chi connectivity index (χ4v) is 4.95. The van der Waals surface area contributed by atoms with E-state index in [4.69, 9.17) is 9.47 Å². The SMILES string of the molecule is COCC(=O)N1CCc2c(sc3ncn(CCc4ccccc4OC)c(=O)c23)C1. The van der Waals surface area contributed by atoms with Gasteiger partial charge < -0.3 is 14.4 Å². The lowest BCUT2D eigenvalue weighted by atomic mass is 10.1. The number of aryl methyl sites for hydroxylation is 2. The van der Waals surface area contributed by atoms with Gasteiger partial charge in [0.05, 0.1) is 25.4 Å². The number of amides is 1. The standard InChI is InChI=1S/C21H23N3O4S/c1-27-12-18(25)23-10-8-15-17(11-23)29-20-19(15)21(26)24(13-22-20)9-7-14-5-3-4-6-16(14)28-2/h3-6,13H,7-12H2,1-2H3. The van der Waals surface area contributed by atoms with Gasteiger partial charge in [0.15, 0.2) is 0 Å². The molecule has 0 N–H and O–H groups in total. The molecule has 0 saturated heterocycles. The smallest absolute Gasteiger partial charge is 0.262 e. The molecule has 29 heavy (non-hydrogen) atoms. The minimum Gasteiger partial charge on any atom is -0.496 e. The summed E-state index contributed by atoms with van der Waals surface area (Å²) in [5, 5.41) is 0.700. The van der Waals surface area contributed by atoms with E-state index in [2.05, 4.69) is 4.98 Å². The minimum atomic E-state index is -0.0298. The lowest BCUT2D eigenvalue weighted by molar-refractivity contribution is -0.136. The van der Waals surface area contributed by atoms with Crippen LogP contribution in [0.5, 0.6) is 5.75 Å². The number of carbonyl (C=O) groups is 1. The van der Waals surface area contributed by atoms with Crippen LogP contribution in [0.15, 0.2) is 35.4 Å². The van der Waals surface area contributed by atoms with E-state index in [9.17, 15) is 9.59 Å². The van der Waals surface area contributed by atoms with Gasteiger partial charge >= 0.3 is 0 Å². The van der Waals surface area contributed by atoms with Gasteiger partial charge in [-0.05, 0) is 30.0 Å². The molecule has 3 heterocycles. The number of aromatic nitrogens is 2. The number of para-hydroxylation sites is 1. The molecule has 1 aromatic carbocycles. The van der Waals surface area contributed by atoms with E-state index in [0.29, 0.717) is 37.9 Å². The molecular formula is C21H23N3O4S. The molecule has 152 valence electrons. The first-order chi connectivity index (χ1) is 14.1. The molecule has 0 bridgehead atoms. The van der Waals surface area contributed by atoms with Crippen LogP contribution in [0.25, 0.3) is 10.2 Å². The highest BCUT2D eigenvalue weighted by Crippen LogP contribution is 2.32. The van der Waals surface area contributed by atoms with E-state index in [1.54, 1.807) is 22.9 Å². The topological polar surface area (TPSA) is 73.7 Å². The number of ether oxygens (including phenoxy) is 2. The maximum absolute atomic E-state index is 13.2. The van der Waals surface area contributed by atoms with Crippen molar-refractivity contribution in [2.24, 2.45) is 0 Å². The zero-order valence-electron chi connectivity index (χ0n) is 16.5. The van der Waals surface area contributed by atoms with Crippen molar-refractivity contribution in [1.82, 2.24) is 14.5 Å². The second kappa shape index (κ2) is 8.34. The largest absolute Gasteiger partial charge is 0.496 e. The highest BCUT2D eigenvalue weighted by Gasteiger charge is 2.26. The van der Waals surface area contributed by atoms with Crippen LogP contribution in [0, 0.1) is 0 Å². The predicted octanol–water partition coefficient (Wildman–Crippen LogP) is 2.24. The number of methoxy groups -OCH3 is 2. The summed E-state index contributed by atoms with van der Waals surface area (Å²) in [5.41, 5.74) is 2.08. The number of rotatable bonds is 6. The van der Waals surface area contributed by atoms with Crippen molar-refractivity contribution < 1.29 is 14.3 Å². The number of nitrogens with zero attached hydrogens (tertiary/aromatic N) is 3. The Bertz CT molecular complexity index is 1100. The Morgan fingerprint density at radius 2 is 2.10 bits per heavy atom. The van der Waals surface area contributed by atoms with Gasteiger partial charge in [0.1, 0.15) is 17.2 Å². The molecule has 0 saturated carbocycles. The normalized spacial score (nSPS) is 13.5. The van der Waals surface area contributed by atoms with E-state index in [1.807, 2.05) is 24.3 Å². The molecule has 3 aromatic rings. The van der Waals surface area contributed by atoms with Gasteiger partial charge in [-0.2, -0.15) is 0 Å². The van der Waals surface area contributed by atoms with Crippen molar-refractivity contribution in [3.8, 4) is 5.75 Å². The van der Waals surface area contributed by atoms with E-state index in [0.717, 1.165) is 26.6 Å². The van der Waals surface area contributed by atoms with Crippen molar-refractivity contribution in [3.63, 3.8) is 0 Å². The lowest BCUT2D eigenvalue weighted by Gasteiger charge is -2.26. The number of hydrogen-bond acceptors (Lipinski definition) is 6. The molecule has 0 spiro atoms. The van der Waals surface area contributed by atoms with Crippen LogP contribution in [0.4, 0.5) is 0 Å². The van der Waals surface area contributed by atoms with Crippen LogP contribution in [0.2, 0.25) is 0 Å². The first kappa shape index (κ1) is 19.6. The first-order valence-electron chi connectivity index (χ1n) is 9.50. The summed E-state index contributed by atoms with van der Waals surface area (Å²) in [7, 11) is 3.17. The molecule has 0 radical (unpaired) electrons. The second-order valence-electron chi connectivity index (χ2n) is 6.99. The molecule has 8 heteroatoms. The van der Waals surface area contributed by atoms with Crippen LogP contribution in [0.1, 0.15) is 16.0 Å². The Kier molecular flexibility index (Phi) is 5.64. The van der Waals surface area contributed by atoms with E-state index >= 15 is 0 Å². The van der Waals surface area contributed by atoms with Crippen LogP contribution < -0.4 is 10.3 Å². The summed E-state index contributed by atoms with van der Waals surface area (Å²) in [4.78, 5) is 33.4.